The van der Waals surface area contributed by atoms with E-state index in [-0.39, 0.29) is 22.1 Å². The molecule has 29 heavy (non-hydrogen) atoms. The maximum Gasteiger partial charge on any atom is 0.433 e. The molecular weight excluding hydrogens is 407 g/mol. The lowest BCUT2D eigenvalue weighted by atomic mass is 10.1. The third-order valence-electron chi connectivity index (χ3n) is 4.89. The zero-order chi connectivity index (χ0) is 20.8. The summed E-state index contributed by atoms with van der Waals surface area (Å²) in [5, 5.41) is 3.72. The van der Waals surface area contributed by atoms with Crippen LogP contribution in [0.5, 0.6) is 0 Å². The van der Waals surface area contributed by atoms with Gasteiger partial charge < -0.3 is 9.80 Å². The first-order chi connectivity index (χ1) is 13.8. The van der Waals surface area contributed by atoms with Gasteiger partial charge in [-0.3, -0.25) is 4.79 Å². The number of carbonyl (C=O) groups is 1. The van der Waals surface area contributed by atoms with Crippen molar-refractivity contribution in [3.05, 3.63) is 52.8 Å². The number of aromatic nitrogens is 3. The van der Waals surface area contributed by atoms with E-state index in [2.05, 4.69) is 15.0 Å². The molecule has 1 amide bonds. The van der Waals surface area contributed by atoms with Crippen LogP contribution in [-0.2, 0) is 6.18 Å². The van der Waals surface area contributed by atoms with E-state index in [0.29, 0.717) is 36.3 Å². The quantitative estimate of drug-likeness (QED) is 0.633. The zero-order valence-corrected chi connectivity index (χ0v) is 16.2. The first-order valence-electron chi connectivity index (χ1n) is 8.95. The second-order valence-corrected chi connectivity index (χ2v) is 7.26. The number of piperazine rings is 1. The van der Waals surface area contributed by atoms with E-state index in [1.807, 2.05) is 7.05 Å². The molecule has 1 saturated heterocycles. The predicted octanol–water partition coefficient (Wildman–Crippen LogP) is 3.46. The van der Waals surface area contributed by atoms with Gasteiger partial charge in [-0.1, -0.05) is 41.9 Å². The van der Waals surface area contributed by atoms with E-state index in [1.165, 1.54) is 0 Å². The third kappa shape index (κ3) is 3.67. The lowest BCUT2D eigenvalue weighted by molar-refractivity contribution is -0.142. The number of nitrogens with zero attached hydrogens (tertiary/aromatic N) is 5. The van der Waals surface area contributed by atoms with Gasteiger partial charge in [0.2, 0.25) is 0 Å². The summed E-state index contributed by atoms with van der Waals surface area (Å²) in [4.78, 5) is 20.7. The summed E-state index contributed by atoms with van der Waals surface area (Å²) in [6, 6.07) is 9.38. The summed E-state index contributed by atoms with van der Waals surface area (Å²) in [6.07, 6.45) is -4.70. The minimum atomic E-state index is -4.70. The molecule has 3 aromatic rings. The van der Waals surface area contributed by atoms with Gasteiger partial charge in [0, 0.05) is 31.7 Å². The van der Waals surface area contributed by atoms with Crippen LogP contribution in [0.15, 0.2) is 36.4 Å². The van der Waals surface area contributed by atoms with Crippen LogP contribution in [0.4, 0.5) is 13.2 Å². The molecule has 0 bridgehead atoms. The monoisotopic (exact) mass is 423 g/mol. The van der Waals surface area contributed by atoms with Gasteiger partial charge in [0.05, 0.1) is 5.69 Å². The average Bonchev–Trinajstić information content (AvgIpc) is 3.04. The fourth-order valence-electron chi connectivity index (χ4n) is 3.25. The van der Waals surface area contributed by atoms with Crippen molar-refractivity contribution in [1.82, 2.24) is 24.4 Å². The summed E-state index contributed by atoms with van der Waals surface area (Å²) in [5.74, 6) is -0.497. The zero-order valence-electron chi connectivity index (χ0n) is 15.4. The maximum absolute atomic E-state index is 13.7. The molecule has 1 fully saturated rings. The van der Waals surface area contributed by atoms with Crippen LogP contribution in [0.3, 0.4) is 0 Å². The first kappa shape index (κ1) is 19.7. The molecule has 10 heteroatoms. The van der Waals surface area contributed by atoms with Gasteiger partial charge in [-0.15, -0.1) is 0 Å². The topological polar surface area (TPSA) is 53.7 Å². The van der Waals surface area contributed by atoms with Gasteiger partial charge in [-0.05, 0) is 13.1 Å². The fourth-order valence-corrected chi connectivity index (χ4v) is 3.49. The number of halogens is 4. The average molecular weight is 424 g/mol. The van der Waals surface area contributed by atoms with E-state index in [4.69, 9.17) is 11.6 Å². The number of alkyl halides is 3. The van der Waals surface area contributed by atoms with E-state index in [1.54, 1.807) is 35.2 Å². The minimum Gasteiger partial charge on any atom is -0.335 e. The smallest absolute Gasteiger partial charge is 0.335 e. The van der Waals surface area contributed by atoms with Crippen LogP contribution in [0, 0.1) is 0 Å². The predicted molar refractivity (Wildman–Crippen MR) is 102 cm³/mol. The van der Waals surface area contributed by atoms with E-state index in [0.717, 1.165) is 6.07 Å². The molecule has 0 unspecified atom stereocenters. The van der Waals surface area contributed by atoms with Crippen LogP contribution in [0.1, 0.15) is 16.2 Å². The third-order valence-corrected chi connectivity index (χ3v) is 5.23. The van der Waals surface area contributed by atoms with Crippen molar-refractivity contribution in [3.8, 4) is 11.3 Å². The highest BCUT2D eigenvalue weighted by molar-refractivity contribution is 6.36. The Kier molecular flexibility index (Phi) is 4.95. The summed E-state index contributed by atoms with van der Waals surface area (Å²) in [6.45, 7) is 2.24. The number of fused-ring (bicyclic) bond motifs is 1. The molecule has 3 heterocycles. The molecular formula is C19H17ClF3N5O. The van der Waals surface area contributed by atoms with E-state index >= 15 is 0 Å². The fraction of sp³-hybridized carbons (Fsp3) is 0.316. The van der Waals surface area contributed by atoms with Crippen molar-refractivity contribution in [2.45, 2.75) is 6.18 Å². The molecule has 1 aliphatic heterocycles. The molecule has 2 aromatic heterocycles. The molecule has 0 N–H and O–H groups in total. The molecule has 0 radical (unpaired) electrons. The number of benzene rings is 1. The van der Waals surface area contributed by atoms with Crippen LogP contribution in [0.25, 0.3) is 16.9 Å². The number of hydrogen-bond donors (Lipinski definition) is 0. The largest absolute Gasteiger partial charge is 0.433 e. The van der Waals surface area contributed by atoms with E-state index in [9.17, 15) is 18.0 Å². The number of hydrogen-bond acceptors (Lipinski definition) is 4. The van der Waals surface area contributed by atoms with Crippen molar-refractivity contribution < 1.29 is 18.0 Å². The number of likely N-dealkylation sites (N-methyl/N-ethyl adjacent to an activating group) is 1. The van der Waals surface area contributed by atoms with Crippen molar-refractivity contribution in [2.75, 3.05) is 33.2 Å². The number of rotatable bonds is 2. The van der Waals surface area contributed by atoms with Crippen LogP contribution in [-0.4, -0.2) is 63.5 Å². The lowest BCUT2D eigenvalue weighted by Gasteiger charge is -2.31. The van der Waals surface area contributed by atoms with Gasteiger partial charge in [0.1, 0.15) is 5.02 Å². The molecule has 0 saturated carbocycles. The van der Waals surface area contributed by atoms with Gasteiger partial charge in [0.15, 0.2) is 17.0 Å². The molecule has 0 aliphatic carbocycles. The summed E-state index contributed by atoms with van der Waals surface area (Å²) in [5.41, 5.74) is -0.853. The molecule has 0 atom stereocenters. The van der Waals surface area contributed by atoms with Crippen LogP contribution < -0.4 is 0 Å². The van der Waals surface area contributed by atoms with Crippen molar-refractivity contribution in [1.29, 1.82) is 0 Å². The Morgan fingerprint density at radius 2 is 1.76 bits per heavy atom. The summed E-state index contributed by atoms with van der Waals surface area (Å²) >= 11 is 6.31. The summed E-state index contributed by atoms with van der Waals surface area (Å²) in [7, 11) is 1.93. The minimum absolute atomic E-state index is 0.103. The molecule has 1 aliphatic rings. The van der Waals surface area contributed by atoms with Crippen LogP contribution >= 0.6 is 11.6 Å². The second kappa shape index (κ2) is 7.31. The normalized spacial score (nSPS) is 15.8. The lowest BCUT2D eigenvalue weighted by Crippen LogP contribution is -2.47. The molecule has 0 spiro atoms. The molecule has 6 nitrogen and oxygen atoms in total. The van der Waals surface area contributed by atoms with Gasteiger partial charge >= 0.3 is 6.18 Å². The Morgan fingerprint density at radius 3 is 2.38 bits per heavy atom. The number of carbonyl (C=O) groups excluding carboxylic acids is 1. The van der Waals surface area contributed by atoms with Gasteiger partial charge in [-0.25, -0.2) is 9.50 Å². The Labute approximate surface area is 169 Å². The van der Waals surface area contributed by atoms with Crippen molar-refractivity contribution >= 4 is 23.2 Å². The second-order valence-electron chi connectivity index (χ2n) is 6.88. The Bertz CT molecular complexity index is 1060. The Hall–Kier alpha value is -2.65. The Morgan fingerprint density at radius 1 is 1.10 bits per heavy atom. The van der Waals surface area contributed by atoms with Gasteiger partial charge in [-0.2, -0.15) is 18.3 Å². The highest BCUT2D eigenvalue weighted by atomic mass is 35.5. The highest BCUT2D eigenvalue weighted by Crippen LogP contribution is 2.34. The Balaban J connectivity index is 1.85. The molecule has 152 valence electrons. The van der Waals surface area contributed by atoms with Gasteiger partial charge in [0.25, 0.3) is 5.91 Å². The van der Waals surface area contributed by atoms with Crippen molar-refractivity contribution in [2.24, 2.45) is 0 Å². The maximum atomic E-state index is 13.7. The van der Waals surface area contributed by atoms with E-state index < -0.39 is 17.8 Å². The first-order valence-corrected chi connectivity index (χ1v) is 9.33. The highest BCUT2D eigenvalue weighted by Gasteiger charge is 2.37. The molecule has 4 rings (SSSR count). The summed E-state index contributed by atoms with van der Waals surface area (Å²) < 4.78 is 41.8. The number of amides is 1. The van der Waals surface area contributed by atoms with Crippen molar-refractivity contribution in [3.63, 3.8) is 0 Å². The van der Waals surface area contributed by atoms with Crippen LogP contribution in [0.2, 0.25) is 5.02 Å². The standard InChI is InChI=1S/C19H17ClF3N5O/c1-26-7-9-27(10-8-26)18(29)16-15(20)17-24-13(12-5-3-2-4-6-12)11-14(19(21,22)23)28(17)25-16/h2-6,11H,7-10H2,1H3. The molecule has 1 aromatic carbocycles. The SMILES string of the molecule is CN1CCN(C(=O)c2nn3c(C(F)(F)F)cc(-c4ccccc4)nc3c2Cl)CC1.